The first kappa shape index (κ1) is 10.6. The normalized spacial score (nSPS) is 8.43. The lowest BCUT2D eigenvalue weighted by molar-refractivity contribution is 1.25. The van der Waals surface area contributed by atoms with E-state index in [0.717, 1.165) is 15.6 Å². The van der Waals surface area contributed by atoms with Crippen LogP contribution < -0.4 is 0 Å². The average molecular weight is 250 g/mol. The van der Waals surface area contributed by atoms with Gasteiger partial charge in [-0.15, -0.1) is 0 Å². The minimum Gasteiger partial charge on any atom is -0.0919 e. The van der Waals surface area contributed by atoms with Gasteiger partial charge in [0, 0.05) is 14.9 Å². The zero-order chi connectivity index (χ0) is 10.4. The summed E-state index contributed by atoms with van der Waals surface area (Å²) >= 11 is 3.39. The summed E-state index contributed by atoms with van der Waals surface area (Å²) in [4.78, 5) is 2.62. The molecule has 0 aliphatic heterocycles. The second-order valence-electron chi connectivity index (χ2n) is 2.67. The van der Waals surface area contributed by atoms with Gasteiger partial charge in [0.1, 0.15) is 0 Å². The second-order valence-corrected chi connectivity index (χ2v) is 3.53. The molecular weight excluding hydrogens is 242 g/mol. The molecule has 0 atom stereocenters. The van der Waals surface area contributed by atoms with E-state index in [-0.39, 0.29) is 6.54 Å². The van der Waals surface area contributed by atoms with Gasteiger partial charge in [-0.05, 0) is 46.1 Å². The number of azide groups is 1. The van der Waals surface area contributed by atoms with E-state index in [0.29, 0.717) is 0 Å². The number of hydrogen-bond donors (Lipinski definition) is 0. The maximum absolute atomic E-state index is 8.04. The molecule has 14 heavy (non-hydrogen) atoms. The van der Waals surface area contributed by atoms with E-state index in [4.69, 9.17) is 5.53 Å². The van der Waals surface area contributed by atoms with Gasteiger partial charge in [-0.25, -0.2) is 0 Å². The monoisotopic (exact) mass is 249 g/mol. The molecule has 0 saturated heterocycles. The Morgan fingerprint density at radius 3 is 3.07 bits per heavy atom. The fourth-order valence-corrected chi connectivity index (χ4v) is 1.28. The molecule has 0 heterocycles. The highest BCUT2D eigenvalue weighted by Gasteiger charge is 1.94. The van der Waals surface area contributed by atoms with Crippen molar-refractivity contribution in [3.63, 3.8) is 0 Å². The fourth-order valence-electron chi connectivity index (χ4n) is 0.937. The molecule has 0 unspecified atom stereocenters. The van der Waals surface area contributed by atoms with Crippen LogP contribution in [0.15, 0.2) is 27.8 Å². The summed E-state index contributed by atoms with van der Waals surface area (Å²) in [6.45, 7) is 2.21. The predicted molar refractivity (Wildman–Crippen MR) is 59.8 cm³/mol. The van der Waals surface area contributed by atoms with Crippen LogP contribution in [0.2, 0.25) is 0 Å². The Balaban J connectivity index is 2.88. The number of benzene rings is 1. The Labute approximate surface area is 90.9 Å². The van der Waals surface area contributed by atoms with Crippen LogP contribution in [0.4, 0.5) is 0 Å². The molecule has 1 rings (SSSR count). The van der Waals surface area contributed by atoms with Crippen molar-refractivity contribution < 1.29 is 0 Å². The molecular formula is C10H8BrN3. The largest absolute Gasteiger partial charge is 0.0919 e. The quantitative estimate of drug-likeness (QED) is 0.317. The Hall–Kier alpha value is -1.43. The van der Waals surface area contributed by atoms with E-state index in [1.54, 1.807) is 0 Å². The van der Waals surface area contributed by atoms with Gasteiger partial charge in [-0.1, -0.05) is 23.0 Å². The van der Waals surface area contributed by atoms with Gasteiger partial charge < -0.3 is 0 Å². The van der Waals surface area contributed by atoms with E-state index < -0.39 is 0 Å². The molecule has 1 aromatic carbocycles. The van der Waals surface area contributed by atoms with Gasteiger partial charge >= 0.3 is 0 Å². The molecule has 0 aliphatic carbocycles. The molecule has 4 heteroatoms. The Morgan fingerprint density at radius 1 is 1.57 bits per heavy atom. The van der Waals surface area contributed by atoms with Gasteiger partial charge in [0.25, 0.3) is 0 Å². The molecule has 0 aromatic heterocycles. The van der Waals surface area contributed by atoms with E-state index in [1.807, 2.05) is 25.1 Å². The summed E-state index contributed by atoms with van der Waals surface area (Å²) in [6.07, 6.45) is 0. The lowest BCUT2D eigenvalue weighted by Gasteiger charge is -1.96. The summed E-state index contributed by atoms with van der Waals surface area (Å²) in [6, 6.07) is 5.93. The molecule has 0 bridgehead atoms. The highest BCUT2D eigenvalue weighted by Crippen LogP contribution is 2.16. The van der Waals surface area contributed by atoms with Crippen LogP contribution in [0.5, 0.6) is 0 Å². The molecule has 0 spiro atoms. The summed E-state index contributed by atoms with van der Waals surface area (Å²) in [5, 5.41) is 3.33. The van der Waals surface area contributed by atoms with E-state index in [9.17, 15) is 0 Å². The van der Waals surface area contributed by atoms with Crippen LogP contribution in [0, 0.1) is 18.8 Å². The van der Waals surface area contributed by atoms with Crippen LogP contribution in [0.3, 0.4) is 0 Å². The number of nitrogens with zero attached hydrogens (tertiary/aromatic N) is 3. The minimum absolute atomic E-state index is 0.205. The van der Waals surface area contributed by atoms with E-state index >= 15 is 0 Å². The summed E-state index contributed by atoms with van der Waals surface area (Å²) in [5.74, 6) is 5.70. The molecule has 0 N–H and O–H groups in total. The van der Waals surface area contributed by atoms with Crippen LogP contribution in [0.1, 0.15) is 11.1 Å². The predicted octanol–water partition coefficient (Wildman–Crippen LogP) is 3.42. The molecule has 0 radical (unpaired) electrons. The standard InChI is InChI=1S/C10H8BrN3/c1-8-4-5-10(11)9(7-8)3-2-6-13-14-12/h4-5,7H,6H2,1H3. The highest BCUT2D eigenvalue weighted by molar-refractivity contribution is 9.10. The molecule has 70 valence electrons. The number of rotatable bonds is 1. The molecule has 0 amide bonds. The van der Waals surface area contributed by atoms with Crippen molar-refractivity contribution in [3.8, 4) is 11.8 Å². The third kappa shape index (κ3) is 3.14. The topological polar surface area (TPSA) is 48.8 Å². The van der Waals surface area contributed by atoms with Gasteiger partial charge in [-0.2, -0.15) is 0 Å². The molecule has 0 aliphatic rings. The van der Waals surface area contributed by atoms with Crippen molar-refractivity contribution in [1.82, 2.24) is 0 Å². The van der Waals surface area contributed by atoms with Crippen molar-refractivity contribution in [3.05, 3.63) is 44.2 Å². The summed E-state index contributed by atoms with van der Waals surface area (Å²) in [7, 11) is 0. The van der Waals surface area contributed by atoms with Crippen molar-refractivity contribution >= 4 is 15.9 Å². The van der Waals surface area contributed by atoms with Crippen LogP contribution in [0.25, 0.3) is 10.4 Å². The number of aryl methyl sites for hydroxylation is 1. The number of halogens is 1. The van der Waals surface area contributed by atoms with Gasteiger partial charge in [0.05, 0.1) is 6.54 Å². The minimum atomic E-state index is 0.205. The van der Waals surface area contributed by atoms with Crippen LogP contribution >= 0.6 is 15.9 Å². The smallest absolute Gasteiger partial charge is 0.0880 e. The van der Waals surface area contributed by atoms with Crippen molar-refractivity contribution in [2.24, 2.45) is 5.11 Å². The fraction of sp³-hybridized carbons (Fsp3) is 0.200. The SMILES string of the molecule is Cc1ccc(Br)c(C#CCN=[N+]=[N-])c1. The van der Waals surface area contributed by atoms with Gasteiger partial charge in [0.15, 0.2) is 0 Å². The molecule has 1 aromatic rings. The zero-order valence-electron chi connectivity index (χ0n) is 7.66. The van der Waals surface area contributed by atoms with Crippen molar-refractivity contribution in [2.75, 3.05) is 6.54 Å². The second kappa shape index (κ2) is 5.33. The highest BCUT2D eigenvalue weighted by atomic mass is 79.9. The molecule has 3 nitrogen and oxygen atoms in total. The average Bonchev–Trinajstić information content (AvgIpc) is 2.18. The van der Waals surface area contributed by atoms with E-state index in [1.165, 1.54) is 0 Å². The van der Waals surface area contributed by atoms with Crippen molar-refractivity contribution in [2.45, 2.75) is 6.92 Å². The maximum Gasteiger partial charge on any atom is 0.0880 e. The lowest BCUT2D eigenvalue weighted by Crippen LogP contribution is -1.80. The summed E-state index contributed by atoms with van der Waals surface area (Å²) in [5.41, 5.74) is 10.1. The summed E-state index contributed by atoms with van der Waals surface area (Å²) < 4.78 is 0.955. The zero-order valence-corrected chi connectivity index (χ0v) is 9.24. The third-order valence-electron chi connectivity index (χ3n) is 1.56. The lowest BCUT2D eigenvalue weighted by atomic mass is 10.1. The third-order valence-corrected chi connectivity index (χ3v) is 2.25. The Bertz CT molecular complexity index is 436. The van der Waals surface area contributed by atoms with Crippen molar-refractivity contribution in [1.29, 1.82) is 0 Å². The maximum atomic E-state index is 8.04. The first-order valence-corrected chi connectivity index (χ1v) is 4.79. The van der Waals surface area contributed by atoms with Gasteiger partial charge in [0.2, 0.25) is 0 Å². The van der Waals surface area contributed by atoms with Gasteiger partial charge in [-0.3, -0.25) is 0 Å². The molecule has 0 fully saturated rings. The van der Waals surface area contributed by atoms with E-state index in [2.05, 4.69) is 37.8 Å². The molecule has 0 saturated carbocycles. The first-order valence-electron chi connectivity index (χ1n) is 4.00. The Kier molecular flexibility index (Phi) is 4.06. The first-order chi connectivity index (χ1) is 6.74. The van der Waals surface area contributed by atoms with Crippen LogP contribution in [-0.2, 0) is 0 Å². The Morgan fingerprint density at radius 2 is 2.36 bits per heavy atom. The number of hydrogen-bond acceptors (Lipinski definition) is 1. The van der Waals surface area contributed by atoms with Crippen LogP contribution in [-0.4, -0.2) is 6.54 Å².